The van der Waals surface area contributed by atoms with E-state index >= 15 is 0 Å². The number of aromatic nitrogens is 6. The highest BCUT2D eigenvalue weighted by Gasteiger charge is 2.13. The predicted molar refractivity (Wildman–Crippen MR) is 120 cm³/mol. The maximum Gasteiger partial charge on any atom is 0.224 e. The van der Waals surface area contributed by atoms with Crippen molar-refractivity contribution in [3.63, 3.8) is 0 Å². The van der Waals surface area contributed by atoms with Gasteiger partial charge in [-0.2, -0.15) is 14.9 Å². The third-order valence-electron chi connectivity index (χ3n) is 4.77. The van der Waals surface area contributed by atoms with Crippen LogP contribution in [-0.4, -0.2) is 29.5 Å². The highest BCUT2D eigenvalue weighted by Crippen LogP contribution is 2.26. The predicted octanol–water partition coefficient (Wildman–Crippen LogP) is 4.46. The quantitative estimate of drug-likeness (QED) is 0.408. The molecule has 0 aliphatic carbocycles. The molecule has 4 aromatic rings. The zero-order valence-corrected chi connectivity index (χ0v) is 18.2. The van der Waals surface area contributed by atoms with Gasteiger partial charge >= 0.3 is 0 Å². The van der Waals surface area contributed by atoms with Crippen LogP contribution in [0.3, 0.4) is 0 Å². The molecule has 4 heterocycles. The van der Waals surface area contributed by atoms with Crippen molar-refractivity contribution < 1.29 is 4.74 Å². The zero-order valence-electron chi connectivity index (χ0n) is 17.4. The van der Waals surface area contributed by atoms with Gasteiger partial charge in [0.05, 0.1) is 17.6 Å². The van der Waals surface area contributed by atoms with Crippen molar-refractivity contribution >= 4 is 17.3 Å². The molecule has 4 rings (SSSR count). The Balaban J connectivity index is 1.46. The molecule has 0 spiro atoms. The Labute approximate surface area is 185 Å². The maximum absolute atomic E-state index is 5.99. The molecule has 1 unspecified atom stereocenters. The monoisotopic (exact) mass is 437 g/mol. The van der Waals surface area contributed by atoms with E-state index in [2.05, 4.69) is 22.1 Å². The van der Waals surface area contributed by atoms with E-state index in [0.717, 1.165) is 30.8 Å². The van der Waals surface area contributed by atoms with Crippen molar-refractivity contribution in [2.75, 3.05) is 5.73 Å². The van der Waals surface area contributed by atoms with Gasteiger partial charge in [0.1, 0.15) is 10.9 Å². The molecule has 0 bridgehead atoms. The minimum Gasteiger partial charge on any atom is -0.439 e. The van der Waals surface area contributed by atoms with Gasteiger partial charge in [-0.05, 0) is 43.9 Å². The van der Waals surface area contributed by atoms with Crippen molar-refractivity contribution in [2.24, 2.45) is 5.92 Å². The fraction of sp³-hybridized carbons (Fsp3) is 0.273. The van der Waals surface area contributed by atoms with Crippen LogP contribution >= 0.6 is 11.6 Å². The van der Waals surface area contributed by atoms with Crippen molar-refractivity contribution in [2.45, 2.75) is 33.2 Å². The summed E-state index contributed by atoms with van der Waals surface area (Å²) in [5.41, 5.74) is 8.25. The maximum atomic E-state index is 5.99. The molecule has 4 aromatic heterocycles. The average Bonchev–Trinajstić information content (AvgIpc) is 3.31. The van der Waals surface area contributed by atoms with Gasteiger partial charge in [-0.3, -0.25) is 4.68 Å². The number of hydrogen-bond donors (Lipinski definition) is 1. The molecule has 0 aromatic carbocycles. The summed E-state index contributed by atoms with van der Waals surface area (Å²) in [5, 5.41) is 9.17. The number of halogens is 1. The Morgan fingerprint density at radius 3 is 2.87 bits per heavy atom. The van der Waals surface area contributed by atoms with E-state index in [0.29, 0.717) is 34.2 Å². The molecule has 0 radical (unpaired) electrons. The van der Waals surface area contributed by atoms with Gasteiger partial charge in [-0.1, -0.05) is 24.6 Å². The van der Waals surface area contributed by atoms with Crippen molar-refractivity contribution in [1.29, 1.82) is 0 Å². The first-order valence-electron chi connectivity index (χ1n) is 10.1. The van der Waals surface area contributed by atoms with E-state index in [1.54, 1.807) is 29.2 Å². The number of nitrogens with two attached hydrogens (primary N) is 1. The normalized spacial score (nSPS) is 12.1. The summed E-state index contributed by atoms with van der Waals surface area (Å²) in [4.78, 5) is 8.78. The number of nitrogen functional groups attached to an aromatic ring is 1. The number of aryl methyl sites for hydroxylation is 2. The second-order valence-corrected chi connectivity index (χ2v) is 7.97. The molecular weight excluding hydrogens is 414 g/mol. The van der Waals surface area contributed by atoms with Crippen LogP contribution in [-0.2, 0) is 13.0 Å². The number of rotatable bonds is 8. The Kier molecular flexibility index (Phi) is 6.18. The lowest BCUT2D eigenvalue weighted by atomic mass is 10.0. The van der Waals surface area contributed by atoms with E-state index in [1.807, 2.05) is 42.1 Å². The van der Waals surface area contributed by atoms with Gasteiger partial charge in [0.2, 0.25) is 5.88 Å². The van der Waals surface area contributed by atoms with E-state index in [-0.39, 0.29) is 0 Å². The summed E-state index contributed by atoms with van der Waals surface area (Å²) in [6.07, 6.45) is 6.95. The van der Waals surface area contributed by atoms with Crippen LogP contribution in [0, 0.1) is 12.8 Å². The lowest BCUT2D eigenvalue weighted by Crippen LogP contribution is -2.10. The van der Waals surface area contributed by atoms with Gasteiger partial charge < -0.3 is 10.5 Å². The second-order valence-electron chi connectivity index (χ2n) is 7.58. The van der Waals surface area contributed by atoms with Gasteiger partial charge in [0.15, 0.2) is 5.82 Å². The zero-order chi connectivity index (χ0) is 21.8. The Hall–Kier alpha value is -3.39. The first kappa shape index (κ1) is 20.9. The fourth-order valence-electron chi connectivity index (χ4n) is 3.29. The summed E-state index contributed by atoms with van der Waals surface area (Å²) >= 11 is 5.97. The first-order valence-corrected chi connectivity index (χ1v) is 10.4. The minimum absolute atomic E-state index is 0.368. The van der Waals surface area contributed by atoms with E-state index < -0.39 is 0 Å². The molecule has 1 atom stereocenters. The highest BCUT2D eigenvalue weighted by atomic mass is 35.5. The largest absolute Gasteiger partial charge is 0.439 e. The lowest BCUT2D eigenvalue weighted by molar-refractivity contribution is 0.422. The molecule has 31 heavy (non-hydrogen) atoms. The van der Waals surface area contributed by atoms with E-state index in [9.17, 15) is 0 Å². The molecule has 0 amide bonds. The van der Waals surface area contributed by atoms with E-state index in [1.165, 1.54) is 0 Å². The topological polar surface area (TPSA) is 96.7 Å². The average molecular weight is 438 g/mol. The molecule has 0 fully saturated rings. The van der Waals surface area contributed by atoms with Crippen LogP contribution < -0.4 is 10.5 Å². The molecular formula is C22H24ClN7O. The Morgan fingerprint density at radius 1 is 1.23 bits per heavy atom. The summed E-state index contributed by atoms with van der Waals surface area (Å²) in [5.74, 6) is 2.29. The van der Waals surface area contributed by atoms with Gasteiger partial charge in [-0.15, -0.1) is 0 Å². The molecule has 9 heteroatoms. The number of anilines is 1. The SMILES string of the molecule is Cc1cc(Oc2ccnc(Cl)c2)n(-c2cccc(CCC(C)Cn3cc(N)cn3)n2)n1. The molecule has 0 aliphatic heterocycles. The molecule has 0 saturated carbocycles. The van der Waals surface area contributed by atoms with Crippen LogP contribution in [0.5, 0.6) is 11.6 Å². The molecule has 160 valence electrons. The van der Waals surface area contributed by atoms with Crippen LogP contribution in [0.2, 0.25) is 5.15 Å². The van der Waals surface area contributed by atoms with Crippen molar-refractivity contribution in [3.8, 4) is 17.4 Å². The number of pyridine rings is 2. The molecule has 2 N–H and O–H groups in total. The number of nitrogens with zero attached hydrogens (tertiary/aromatic N) is 6. The van der Waals surface area contributed by atoms with Gasteiger partial charge in [0.25, 0.3) is 0 Å². The summed E-state index contributed by atoms with van der Waals surface area (Å²) in [7, 11) is 0. The Bertz CT molecular complexity index is 1170. The van der Waals surface area contributed by atoms with Crippen LogP contribution in [0.15, 0.2) is 55.0 Å². The van der Waals surface area contributed by atoms with E-state index in [4.69, 9.17) is 27.1 Å². The first-order chi connectivity index (χ1) is 15.0. The summed E-state index contributed by atoms with van der Waals surface area (Å²) in [6.45, 7) is 4.93. The van der Waals surface area contributed by atoms with Crippen molar-refractivity contribution in [3.05, 3.63) is 71.5 Å². The number of hydrogen-bond acceptors (Lipinski definition) is 6. The standard InChI is InChI=1S/C22H24ClN7O/c1-15(13-29-14-17(24)12-26-29)6-7-18-4-3-5-21(27-18)30-22(10-16(2)28-30)31-19-8-9-25-20(23)11-19/h3-5,8-12,14-15H,6-7,13,24H2,1-2H3. The number of ether oxygens (including phenoxy) is 1. The lowest BCUT2D eigenvalue weighted by Gasteiger charge is -2.12. The molecule has 8 nitrogen and oxygen atoms in total. The smallest absolute Gasteiger partial charge is 0.224 e. The second kappa shape index (κ2) is 9.18. The fourth-order valence-corrected chi connectivity index (χ4v) is 3.45. The Morgan fingerprint density at radius 2 is 2.10 bits per heavy atom. The summed E-state index contributed by atoms with van der Waals surface area (Å²) < 4.78 is 9.57. The van der Waals surface area contributed by atoms with Crippen LogP contribution in [0.4, 0.5) is 5.69 Å². The van der Waals surface area contributed by atoms with Gasteiger partial charge in [-0.25, -0.2) is 9.97 Å². The molecule has 0 aliphatic rings. The third-order valence-corrected chi connectivity index (χ3v) is 4.98. The minimum atomic E-state index is 0.368. The van der Waals surface area contributed by atoms with Gasteiger partial charge in [0, 0.05) is 36.8 Å². The molecule has 0 saturated heterocycles. The van der Waals surface area contributed by atoms with Crippen molar-refractivity contribution in [1.82, 2.24) is 29.5 Å². The van der Waals surface area contributed by atoms with Crippen LogP contribution in [0.1, 0.15) is 24.7 Å². The summed E-state index contributed by atoms with van der Waals surface area (Å²) in [6, 6.07) is 11.2. The van der Waals surface area contributed by atoms with Crippen LogP contribution in [0.25, 0.3) is 5.82 Å². The highest BCUT2D eigenvalue weighted by molar-refractivity contribution is 6.29. The third kappa shape index (κ3) is 5.40.